The Morgan fingerprint density at radius 3 is 2.20 bits per heavy atom. The Balaban J connectivity index is 1.20. The number of hydrogen-bond acceptors (Lipinski definition) is 7. The van der Waals surface area contributed by atoms with Crippen molar-refractivity contribution in [1.82, 2.24) is 9.21 Å². The summed E-state index contributed by atoms with van der Waals surface area (Å²) in [5, 5.41) is -0.416. The van der Waals surface area contributed by atoms with Gasteiger partial charge >= 0.3 is 0 Å². The molecule has 2 fully saturated rings. The van der Waals surface area contributed by atoms with E-state index in [0.29, 0.717) is 44.8 Å². The molecule has 0 atom stereocenters. The van der Waals surface area contributed by atoms with Gasteiger partial charge in [-0.15, -0.1) is 0 Å². The molecular formula is C25H32N2O6S2. The van der Waals surface area contributed by atoms with Crippen LogP contribution in [0.2, 0.25) is 0 Å². The number of sulfonamides is 1. The highest BCUT2D eigenvalue weighted by Gasteiger charge is 2.39. The standard InChI is InChI=1S/C25H32N2O6S2/c1-34(28,29)25-12-20(13-26-14-21-4-2-3-5-22(21)15-26)6-7-24(25)33-16-19-8-10-27(11-9-19)35(30,31)23-17-32-18-23/h2-7,12,19,23H,8-11,13-18H2,1H3. The minimum atomic E-state index is -3.47. The maximum Gasteiger partial charge on any atom is 0.221 e. The summed E-state index contributed by atoms with van der Waals surface area (Å²) in [6, 6.07) is 13.8. The van der Waals surface area contributed by atoms with E-state index in [1.165, 1.54) is 17.4 Å². The maximum atomic E-state index is 12.6. The van der Waals surface area contributed by atoms with Gasteiger partial charge in [-0.2, -0.15) is 0 Å². The summed E-state index contributed by atoms with van der Waals surface area (Å²) in [5.41, 5.74) is 3.57. The van der Waals surface area contributed by atoms with Gasteiger partial charge in [-0.3, -0.25) is 4.90 Å². The van der Waals surface area contributed by atoms with Crippen LogP contribution < -0.4 is 4.74 Å². The van der Waals surface area contributed by atoms with E-state index in [1.54, 1.807) is 16.4 Å². The van der Waals surface area contributed by atoms with Crippen LogP contribution in [0.4, 0.5) is 0 Å². The quantitative estimate of drug-likeness (QED) is 0.528. The molecule has 8 nitrogen and oxygen atoms in total. The molecular weight excluding hydrogens is 488 g/mol. The molecule has 190 valence electrons. The molecule has 0 unspecified atom stereocenters. The van der Waals surface area contributed by atoms with Crippen molar-refractivity contribution in [3.8, 4) is 5.75 Å². The Hall–Kier alpha value is -1.98. The van der Waals surface area contributed by atoms with E-state index in [4.69, 9.17) is 9.47 Å². The van der Waals surface area contributed by atoms with Gasteiger partial charge in [-0.25, -0.2) is 21.1 Å². The zero-order valence-electron chi connectivity index (χ0n) is 19.9. The first-order valence-corrected chi connectivity index (χ1v) is 15.4. The summed E-state index contributed by atoms with van der Waals surface area (Å²) < 4.78 is 62.8. The van der Waals surface area contributed by atoms with Gasteiger partial charge in [-0.05, 0) is 47.6 Å². The van der Waals surface area contributed by atoms with Crippen LogP contribution in [0.3, 0.4) is 0 Å². The minimum absolute atomic E-state index is 0.175. The molecule has 0 bridgehead atoms. The van der Waals surface area contributed by atoms with Gasteiger partial charge in [0, 0.05) is 39.0 Å². The number of piperidine rings is 1. The van der Waals surface area contributed by atoms with Crippen molar-refractivity contribution in [3.63, 3.8) is 0 Å². The Bertz CT molecular complexity index is 1260. The third-order valence-electron chi connectivity index (χ3n) is 7.16. The summed E-state index contributed by atoms with van der Waals surface area (Å²) in [5.74, 6) is 0.539. The third kappa shape index (κ3) is 5.41. The van der Waals surface area contributed by atoms with Crippen LogP contribution in [0, 0.1) is 5.92 Å². The van der Waals surface area contributed by atoms with Crippen molar-refractivity contribution in [2.75, 3.05) is 39.2 Å². The summed E-state index contributed by atoms with van der Waals surface area (Å²) in [7, 11) is -6.76. The Morgan fingerprint density at radius 2 is 1.63 bits per heavy atom. The van der Waals surface area contributed by atoms with Crippen molar-refractivity contribution < 1.29 is 26.3 Å². The zero-order valence-corrected chi connectivity index (χ0v) is 21.6. The fourth-order valence-corrected chi connectivity index (χ4v) is 7.50. The fraction of sp³-hybridized carbons (Fsp3) is 0.520. The average Bonchev–Trinajstić information content (AvgIpc) is 3.18. The van der Waals surface area contributed by atoms with Gasteiger partial charge in [0.25, 0.3) is 0 Å². The zero-order chi connectivity index (χ0) is 24.6. The molecule has 35 heavy (non-hydrogen) atoms. The summed E-state index contributed by atoms with van der Waals surface area (Å²) in [6.07, 6.45) is 2.58. The molecule has 5 rings (SSSR count). The van der Waals surface area contributed by atoms with E-state index in [9.17, 15) is 16.8 Å². The van der Waals surface area contributed by atoms with Gasteiger partial charge in [0.15, 0.2) is 9.84 Å². The van der Waals surface area contributed by atoms with Crippen LogP contribution in [0.25, 0.3) is 0 Å². The first-order valence-electron chi connectivity index (χ1n) is 12.0. The molecule has 0 spiro atoms. The molecule has 0 aliphatic carbocycles. The van der Waals surface area contributed by atoms with Crippen molar-refractivity contribution in [1.29, 1.82) is 0 Å². The summed E-state index contributed by atoms with van der Waals surface area (Å²) in [4.78, 5) is 2.50. The van der Waals surface area contributed by atoms with Gasteiger partial charge in [0.1, 0.15) is 15.9 Å². The molecule has 2 saturated heterocycles. The van der Waals surface area contributed by atoms with Crippen molar-refractivity contribution >= 4 is 19.9 Å². The Kier molecular flexibility index (Phi) is 6.93. The van der Waals surface area contributed by atoms with Crippen molar-refractivity contribution in [2.24, 2.45) is 5.92 Å². The second kappa shape index (κ2) is 9.82. The number of ether oxygens (including phenoxy) is 2. The van der Waals surface area contributed by atoms with Crippen molar-refractivity contribution in [2.45, 2.75) is 42.6 Å². The normalized spacial score (nSPS) is 20.5. The van der Waals surface area contributed by atoms with E-state index in [1.807, 2.05) is 18.2 Å². The molecule has 3 aliphatic rings. The molecule has 2 aromatic rings. The highest BCUT2D eigenvalue weighted by atomic mass is 32.2. The van der Waals surface area contributed by atoms with Crippen LogP contribution >= 0.6 is 0 Å². The largest absolute Gasteiger partial charge is 0.492 e. The van der Waals surface area contributed by atoms with Crippen LogP contribution in [-0.4, -0.2) is 70.5 Å². The van der Waals surface area contributed by atoms with Gasteiger partial charge in [0.2, 0.25) is 10.0 Å². The molecule has 2 aromatic carbocycles. The smallest absolute Gasteiger partial charge is 0.221 e. The van der Waals surface area contributed by atoms with Crippen LogP contribution in [-0.2, 0) is 44.2 Å². The Labute approximate surface area is 207 Å². The minimum Gasteiger partial charge on any atom is -0.492 e. The predicted octanol–water partition coefficient (Wildman–Crippen LogP) is 2.43. The van der Waals surface area contributed by atoms with Gasteiger partial charge in [0.05, 0.1) is 19.8 Å². The SMILES string of the molecule is CS(=O)(=O)c1cc(CN2Cc3ccccc3C2)ccc1OCC1CCN(S(=O)(=O)C2COC2)CC1. The second-order valence-corrected chi connectivity index (χ2v) is 14.0. The van der Waals surface area contributed by atoms with Gasteiger partial charge in [-0.1, -0.05) is 30.3 Å². The number of benzene rings is 2. The maximum absolute atomic E-state index is 12.6. The highest BCUT2D eigenvalue weighted by molar-refractivity contribution is 7.90. The Morgan fingerprint density at radius 1 is 0.971 bits per heavy atom. The van der Waals surface area contributed by atoms with Crippen LogP contribution in [0.1, 0.15) is 29.5 Å². The van der Waals surface area contributed by atoms with E-state index in [0.717, 1.165) is 18.7 Å². The van der Waals surface area contributed by atoms with E-state index in [-0.39, 0.29) is 24.0 Å². The number of hydrogen-bond donors (Lipinski definition) is 0. The fourth-order valence-electron chi connectivity index (χ4n) is 4.97. The van der Waals surface area contributed by atoms with Crippen LogP contribution in [0.5, 0.6) is 5.75 Å². The lowest BCUT2D eigenvalue weighted by molar-refractivity contribution is 0.0384. The molecule has 0 amide bonds. The van der Waals surface area contributed by atoms with E-state index < -0.39 is 25.1 Å². The number of sulfone groups is 1. The van der Waals surface area contributed by atoms with Gasteiger partial charge < -0.3 is 9.47 Å². The topological polar surface area (TPSA) is 93.2 Å². The molecule has 0 radical (unpaired) electrons. The lowest BCUT2D eigenvalue weighted by Gasteiger charge is -2.36. The molecule has 0 N–H and O–H groups in total. The molecule has 3 heterocycles. The summed E-state index contributed by atoms with van der Waals surface area (Å²) >= 11 is 0. The molecule has 3 aliphatic heterocycles. The van der Waals surface area contributed by atoms with E-state index in [2.05, 4.69) is 17.0 Å². The second-order valence-electron chi connectivity index (χ2n) is 9.82. The monoisotopic (exact) mass is 520 g/mol. The number of nitrogens with zero attached hydrogens (tertiary/aromatic N) is 2. The predicted molar refractivity (Wildman–Crippen MR) is 132 cm³/mol. The molecule has 10 heteroatoms. The number of rotatable bonds is 8. The lowest BCUT2D eigenvalue weighted by Crippen LogP contribution is -2.51. The molecule has 0 aromatic heterocycles. The number of fused-ring (bicyclic) bond motifs is 1. The third-order valence-corrected chi connectivity index (χ3v) is 10.5. The first kappa shape index (κ1) is 24.7. The molecule has 0 saturated carbocycles. The highest BCUT2D eigenvalue weighted by Crippen LogP contribution is 2.30. The van der Waals surface area contributed by atoms with E-state index >= 15 is 0 Å². The first-order chi connectivity index (χ1) is 16.7. The van der Waals surface area contributed by atoms with Crippen molar-refractivity contribution in [3.05, 3.63) is 59.2 Å². The average molecular weight is 521 g/mol. The summed E-state index contributed by atoms with van der Waals surface area (Å²) in [6.45, 7) is 4.21. The lowest BCUT2D eigenvalue weighted by atomic mass is 9.99. The van der Waals surface area contributed by atoms with Crippen LogP contribution in [0.15, 0.2) is 47.4 Å².